The molecule has 0 fully saturated rings. The number of ether oxygens (including phenoxy) is 2. The zero-order valence-electron chi connectivity index (χ0n) is 21.4. The number of aromatic nitrogens is 3. The van der Waals surface area contributed by atoms with Crippen molar-refractivity contribution < 1.29 is 19.1 Å². The summed E-state index contributed by atoms with van der Waals surface area (Å²) in [4.78, 5) is 24.9. The maximum absolute atomic E-state index is 12.5. The topological polar surface area (TPSA) is 107 Å². The van der Waals surface area contributed by atoms with Crippen LogP contribution < -0.4 is 20.1 Å². The lowest BCUT2D eigenvalue weighted by molar-refractivity contribution is -0.116. The number of thioether (sulfide) groups is 1. The predicted octanol–water partition coefficient (Wildman–Crippen LogP) is 4.75. The summed E-state index contributed by atoms with van der Waals surface area (Å²) in [5.41, 5.74) is 3.69. The van der Waals surface area contributed by atoms with Crippen LogP contribution >= 0.6 is 27.7 Å². The maximum Gasteiger partial charge on any atom is 0.244 e. The van der Waals surface area contributed by atoms with E-state index in [1.165, 1.54) is 17.8 Å². The smallest absolute Gasteiger partial charge is 0.244 e. The molecule has 2 amide bonds. The average Bonchev–Trinajstić information content (AvgIpc) is 3.31. The first-order valence-corrected chi connectivity index (χ1v) is 13.3. The minimum absolute atomic E-state index is 0.129. The molecule has 0 aliphatic heterocycles. The average molecular weight is 589 g/mol. The highest BCUT2D eigenvalue weighted by atomic mass is 79.9. The molecule has 9 nitrogen and oxygen atoms in total. The van der Waals surface area contributed by atoms with E-state index in [1.54, 1.807) is 32.4 Å². The quantitative estimate of drug-likeness (QED) is 0.246. The predicted molar refractivity (Wildman–Crippen MR) is 149 cm³/mol. The highest BCUT2D eigenvalue weighted by molar-refractivity contribution is 9.10. The van der Waals surface area contributed by atoms with Gasteiger partial charge >= 0.3 is 0 Å². The third-order valence-corrected chi connectivity index (χ3v) is 7.52. The van der Waals surface area contributed by atoms with Gasteiger partial charge in [0.1, 0.15) is 0 Å². The van der Waals surface area contributed by atoms with E-state index in [9.17, 15) is 9.59 Å². The fourth-order valence-corrected chi connectivity index (χ4v) is 4.72. The number of amides is 2. The van der Waals surface area contributed by atoms with Gasteiger partial charge in [-0.2, -0.15) is 0 Å². The van der Waals surface area contributed by atoms with Crippen LogP contribution in [0, 0.1) is 13.8 Å². The van der Waals surface area contributed by atoms with Gasteiger partial charge in [0.2, 0.25) is 11.8 Å². The Morgan fingerprint density at radius 3 is 2.54 bits per heavy atom. The van der Waals surface area contributed by atoms with Crippen molar-refractivity contribution >= 4 is 51.3 Å². The summed E-state index contributed by atoms with van der Waals surface area (Å²) < 4.78 is 13.4. The molecule has 0 saturated heterocycles. The Hall–Kier alpha value is -3.31. The first kappa shape index (κ1) is 28.3. The number of rotatable bonds is 11. The molecule has 3 aromatic rings. The third-order valence-electron chi connectivity index (χ3n) is 5.69. The van der Waals surface area contributed by atoms with Crippen LogP contribution in [-0.4, -0.2) is 46.6 Å². The zero-order chi connectivity index (χ0) is 26.9. The summed E-state index contributed by atoms with van der Waals surface area (Å²) in [6.07, 6.45) is 3.14. The van der Waals surface area contributed by atoms with E-state index in [2.05, 4.69) is 36.8 Å². The van der Waals surface area contributed by atoms with Gasteiger partial charge in [-0.15, -0.1) is 10.2 Å². The number of nitrogens with one attached hydrogen (secondary N) is 2. The Morgan fingerprint density at radius 1 is 1.08 bits per heavy atom. The highest BCUT2D eigenvalue weighted by Gasteiger charge is 2.15. The van der Waals surface area contributed by atoms with Crippen molar-refractivity contribution in [3.05, 3.63) is 63.4 Å². The van der Waals surface area contributed by atoms with Gasteiger partial charge in [-0.1, -0.05) is 33.8 Å². The monoisotopic (exact) mass is 587 g/mol. The molecule has 2 N–H and O–H groups in total. The number of carbonyl (C=O) groups is 2. The van der Waals surface area contributed by atoms with Gasteiger partial charge in [0, 0.05) is 22.8 Å². The fourth-order valence-electron chi connectivity index (χ4n) is 3.47. The molecule has 0 bridgehead atoms. The molecular formula is C26H30BrN5O4S. The van der Waals surface area contributed by atoms with Gasteiger partial charge in [-0.05, 0) is 67.8 Å². The maximum atomic E-state index is 12.5. The fraction of sp³-hybridized carbons (Fsp3) is 0.308. The molecule has 2 aromatic carbocycles. The molecule has 0 atom stereocenters. The molecule has 1 aromatic heterocycles. The van der Waals surface area contributed by atoms with Crippen LogP contribution in [0.1, 0.15) is 29.4 Å². The van der Waals surface area contributed by atoms with Crippen LogP contribution in [0.15, 0.2) is 46.0 Å². The Bertz CT molecular complexity index is 1310. The zero-order valence-corrected chi connectivity index (χ0v) is 23.8. The molecule has 196 valence electrons. The number of hydrogen-bond acceptors (Lipinski definition) is 7. The summed E-state index contributed by atoms with van der Waals surface area (Å²) in [5, 5.41) is 14.8. The number of nitrogens with zero attached hydrogens (tertiary/aromatic N) is 3. The molecule has 0 saturated carbocycles. The third kappa shape index (κ3) is 7.36. The lowest BCUT2D eigenvalue weighted by Crippen LogP contribution is -2.22. The minimum Gasteiger partial charge on any atom is -0.493 e. The standard InChI is InChI=1S/C26H30BrN5O4S/c1-6-32-23(14-28-24(33)12-8-18-7-11-21(35-4)22(13-18)36-5)30-31-26(32)37-15-25(34)29-20-10-9-19(27)16(2)17(20)3/h7-13H,6,14-15H2,1-5H3,(H,28,33)(H,29,34)/b12-8+. The molecule has 37 heavy (non-hydrogen) atoms. The van der Waals surface area contributed by atoms with Crippen molar-refractivity contribution in [3.63, 3.8) is 0 Å². The summed E-state index contributed by atoms with van der Waals surface area (Å²) in [6, 6.07) is 9.19. The van der Waals surface area contributed by atoms with Crippen LogP contribution in [0.2, 0.25) is 0 Å². The first-order chi connectivity index (χ1) is 17.8. The van der Waals surface area contributed by atoms with E-state index < -0.39 is 0 Å². The molecule has 0 unspecified atom stereocenters. The Labute approximate surface area is 229 Å². The number of carbonyl (C=O) groups excluding carboxylic acids is 2. The van der Waals surface area contributed by atoms with Gasteiger partial charge < -0.3 is 24.7 Å². The van der Waals surface area contributed by atoms with Crippen LogP contribution in [0.4, 0.5) is 5.69 Å². The first-order valence-electron chi connectivity index (χ1n) is 11.6. The van der Waals surface area contributed by atoms with Crippen molar-refractivity contribution in [1.29, 1.82) is 0 Å². The number of halogens is 1. The molecule has 3 rings (SSSR count). The van der Waals surface area contributed by atoms with Crippen molar-refractivity contribution in [2.24, 2.45) is 0 Å². The largest absolute Gasteiger partial charge is 0.493 e. The van der Waals surface area contributed by atoms with Gasteiger partial charge in [0.25, 0.3) is 0 Å². The molecule has 1 heterocycles. The summed E-state index contributed by atoms with van der Waals surface area (Å²) in [6.45, 7) is 6.75. The highest BCUT2D eigenvalue weighted by Crippen LogP contribution is 2.28. The normalized spacial score (nSPS) is 11.0. The van der Waals surface area contributed by atoms with Gasteiger partial charge in [0.15, 0.2) is 22.5 Å². The van der Waals surface area contributed by atoms with Crippen LogP contribution in [-0.2, 0) is 22.7 Å². The van der Waals surface area contributed by atoms with Crippen LogP contribution in [0.5, 0.6) is 11.5 Å². The number of anilines is 1. The Balaban J connectivity index is 1.55. The number of methoxy groups -OCH3 is 2. The van der Waals surface area contributed by atoms with Crippen LogP contribution in [0.3, 0.4) is 0 Å². The minimum atomic E-state index is -0.269. The number of benzene rings is 2. The molecule has 0 aliphatic rings. The van der Waals surface area contributed by atoms with E-state index in [0.717, 1.165) is 26.9 Å². The lowest BCUT2D eigenvalue weighted by Gasteiger charge is -2.12. The molecule has 0 radical (unpaired) electrons. The van der Waals surface area contributed by atoms with E-state index >= 15 is 0 Å². The van der Waals surface area contributed by atoms with Crippen molar-refractivity contribution in [3.8, 4) is 11.5 Å². The van der Waals surface area contributed by atoms with Crippen molar-refractivity contribution in [2.75, 3.05) is 25.3 Å². The number of hydrogen-bond donors (Lipinski definition) is 2. The van der Waals surface area contributed by atoms with E-state index in [0.29, 0.717) is 29.0 Å². The van der Waals surface area contributed by atoms with E-state index in [4.69, 9.17) is 9.47 Å². The molecule has 0 spiro atoms. The summed E-state index contributed by atoms with van der Waals surface area (Å²) in [5.74, 6) is 1.60. The van der Waals surface area contributed by atoms with E-state index in [-0.39, 0.29) is 24.1 Å². The lowest BCUT2D eigenvalue weighted by atomic mass is 10.1. The molecular weight excluding hydrogens is 558 g/mol. The molecule has 11 heteroatoms. The van der Waals surface area contributed by atoms with Gasteiger partial charge in [-0.25, -0.2) is 0 Å². The second kappa shape index (κ2) is 13.3. The van der Waals surface area contributed by atoms with Crippen molar-refractivity contribution in [2.45, 2.75) is 39.0 Å². The van der Waals surface area contributed by atoms with Crippen molar-refractivity contribution in [1.82, 2.24) is 20.1 Å². The van der Waals surface area contributed by atoms with Gasteiger partial charge in [-0.3, -0.25) is 9.59 Å². The van der Waals surface area contributed by atoms with Crippen LogP contribution in [0.25, 0.3) is 6.08 Å². The summed E-state index contributed by atoms with van der Waals surface area (Å²) in [7, 11) is 3.13. The summed E-state index contributed by atoms with van der Waals surface area (Å²) >= 11 is 4.80. The second-order valence-electron chi connectivity index (χ2n) is 7.99. The SMILES string of the molecule is CCn1c(CNC(=O)/C=C/c2ccc(OC)c(OC)c2)nnc1SCC(=O)Nc1ccc(Br)c(C)c1C. The van der Waals surface area contributed by atoms with Gasteiger partial charge in [0.05, 0.1) is 26.5 Å². The Kier molecular flexibility index (Phi) is 10.2. The molecule has 0 aliphatic carbocycles. The second-order valence-corrected chi connectivity index (χ2v) is 9.79. The Morgan fingerprint density at radius 2 is 1.84 bits per heavy atom. The van der Waals surface area contributed by atoms with E-state index in [1.807, 2.05) is 43.5 Å².